The van der Waals surface area contributed by atoms with Crippen LogP contribution in [0.1, 0.15) is 59.3 Å². The van der Waals surface area contributed by atoms with Crippen molar-refractivity contribution >= 4 is 5.97 Å². The van der Waals surface area contributed by atoms with E-state index in [0.29, 0.717) is 12.8 Å². The van der Waals surface area contributed by atoms with E-state index in [4.69, 9.17) is 33.2 Å². The Bertz CT molecular complexity index is 1500. The highest BCUT2D eigenvalue weighted by molar-refractivity contribution is 5.76. The first-order valence-corrected chi connectivity index (χ1v) is 20.5. The van der Waals surface area contributed by atoms with Crippen LogP contribution in [0, 0.1) is 40.4 Å². The van der Waals surface area contributed by atoms with Crippen LogP contribution in [0.3, 0.4) is 0 Å². The van der Waals surface area contributed by atoms with Gasteiger partial charge in [-0.15, -0.1) is 0 Å². The number of aliphatic hydroxyl groups excluding tert-OH is 10. The number of fused-ring (bicyclic) bond motifs is 7. The monoisotopic (exact) mass is 816 g/mol. The third-order valence-corrected chi connectivity index (χ3v) is 15.4. The van der Waals surface area contributed by atoms with Gasteiger partial charge in [-0.2, -0.15) is 0 Å². The van der Waals surface area contributed by atoms with E-state index in [0.717, 1.165) is 24.8 Å². The second-order valence-electron chi connectivity index (χ2n) is 18.3. The van der Waals surface area contributed by atoms with Crippen molar-refractivity contribution in [1.29, 1.82) is 0 Å². The molecule has 4 saturated heterocycles. The fraction of sp³-hybridized carbons (Fsp3) is 0.923. The Labute approximate surface area is 330 Å². The Hall–Kier alpha value is -1.43. The number of hydrogen-bond donors (Lipinski definition) is 10. The number of allylic oxidation sites excluding steroid dienone is 1. The molecule has 4 heterocycles. The summed E-state index contributed by atoms with van der Waals surface area (Å²) in [6.07, 6.45) is -17.9. The highest BCUT2D eigenvalue weighted by atomic mass is 16.8. The van der Waals surface area contributed by atoms with E-state index >= 15 is 0 Å². The highest BCUT2D eigenvalue weighted by Gasteiger charge is 2.68. The summed E-state index contributed by atoms with van der Waals surface area (Å²) in [5.41, 5.74) is 0.0860. The average molecular weight is 817 g/mol. The molecule has 0 spiro atoms. The van der Waals surface area contributed by atoms with Gasteiger partial charge in [-0.3, -0.25) is 4.79 Å². The third-order valence-electron chi connectivity index (χ3n) is 15.4. The van der Waals surface area contributed by atoms with E-state index in [2.05, 4.69) is 19.9 Å². The summed E-state index contributed by atoms with van der Waals surface area (Å²) in [5.74, 6) is -0.632. The molecule has 0 bridgehead atoms. The van der Waals surface area contributed by atoms with Crippen molar-refractivity contribution in [3.8, 4) is 0 Å². The van der Waals surface area contributed by atoms with Crippen molar-refractivity contribution in [3.63, 3.8) is 0 Å². The van der Waals surface area contributed by atoms with E-state index in [1.807, 2.05) is 0 Å². The van der Waals surface area contributed by atoms with Crippen LogP contribution in [0.5, 0.6) is 0 Å². The number of ether oxygens (including phenoxy) is 7. The Balaban J connectivity index is 1.12. The van der Waals surface area contributed by atoms with Gasteiger partial charge in [0, 0.05) is 17.8 Å². The normalized spacial score (nSPS) is 56.2. The maximum absolute atomic E-state index is 12.7. The van der Waals surface area contributed by atoms with Crippen LogP contribution >= 0.6 is 0 Å². The zero-order chi connectivity index (χ0) is 40.9. The lowest BCUT2D eigenvalue weighted by Gasteiger charge is -2.60. The zero-order valence-electron chi connectivity index (χ0n) is 32.4. The molecule has 4 aliphatic heterocycles. The number of carbonyl (C=O) groups excluding carboxylic acids is 1. The van der Waals surface area contributed by atoms with Crippen LogP contribution in [0.4, 0.5) is 0 Å². The predicted octanol–water partition coefficient (Wildman–Crippen LogP) is -2.82. The maximum atomic E-state index is 12.7. The summed E-state index contributed by atoms with van der Waals surface area (Å²) in [7, 11) is 0. The van der Waals surface area contributed by atoms with Crippen LogP contribution in [0.15, 0.2) is 11.6 Å². The molecular weight excluding hydrogens is 756 g/mol. The van der Waals surface area contributed by atoms with Crippen molar-refractivity contribution in [2.45, 2.75) is 164 Å². The van der Waals surface area contributed by atoms with Gasteiger partial charge in [-0.25, -0.2) is 0 Å². The summed E-state index contributed by atoms with van der Waals surface area (Å²) in [5, 5.41) is 107. The molecule has 4 aliphatic carbocycles. The van der Waals surface area contributed by atoms with Gasteiger partial charge in [0.2, 0.25) is 0 Å². The van der Waals surface area contributed by atoms with Crippen LogP contribution in [0.2, 0.25) is 0 Å². The number of carbonyl (C=O) groups is 1. The molecule has 0 unspecified atom stereocenters. The van der Waals surface area contributed by atoms with Crippen LogP contribution < -0.4 is 0 Å². The average Bonchev–Trinajstić information content (AvgIpc) is 3.66. The summed E-state index contributed by atoms with van der Waals surface area (Å²) < 4.78 is 42.6. The number of hydrogen-bond acceptors (Lipinski definition) is 18. The smallest absolute Gasteiger partial charge is 0.312 e. The fourth-order valence-corrected chi connectivity index (χ4v) is 12.3. The molecular formula is C39H60O18. The fourth-order valence-electron chi connectivity index (χ4n) is 12.3. The van der Waals surface area contributed by atoms with Gasteiger partial charge in [-0.05, 0) is 62.2 Å². The Kier molecular flexibility index (Phi) is 11.7. The number of esters is 1. The molecule has 7 fully saturated rings. The minimum Gasteiger partial charge on any atom is -0.462 e. The summed E-state index contributed by atoms with van der Waals surface area (Å²) >= 11 is 0. The standard InChI is InChI=1S/C39H60O18/c1-14-26(44)29(47)31(49)36(52-14)57-33-32(56-35-30(48)27(45)21(43)13-51-35)28(46)23(12-41)54-37(33)55-24-9-16(42)8-15-4-5-17-19(39(15,24)3)6-7-38(2)20(17)10-22-25(38)18(11-40)34(50)53-22/h4,14,16-33,35-37,40-49H,5-13H2,1-3H3/t14-,16+,17+,18-,19-,20-,21+,22-,23+,24+,25-,26-,27-,28+,29+,30+,31+,32-,33+,35-,36-,37-,38-,39-/m0/s1. The van der Waals surface area contributed by atoms with Crippen LogP contribution in [0.25, 0.3) is 0 Å². The van der Waals surface area contributed by atoms with E-state index in [9.17, 15) is 55.9 Å². The van der Waals surface area contributed by atoms with Crippen molar-refractivity contribution in [2.24, 2.45) is 40.4 Å². The lowest BCUT2D eigenvalue weighted by Crippen LogP contribution is -2.67. The first kappa shape index (κ1) is 42.3. The second-order valence-corrected chi connectivity index (χ2v) is 18.3. The molecule has 324 valence electrons. The van der Waals surface area contributed by atoms with Gasteiger partial charge < -0.3 is 84.2 Å². The summed E-state index contributed by atoms with van der Waals surface area (Å²) in [6.45, 7) is 4.37. The highest BCUT2D eigenvalue weighted by Crippen LogP contribution is 2.69. The lowest BCUT2D eigenvalue weighted by molar-refractivity contribution is -0.393. The van der Waals surface area contributed by atoms with E-state index in [-0.39, 0.29) is 54.2 Å². The third kappa shape index (κ3) is 6.83. The minimum atomic E-state index is -1.80. The van der Waals surface area contributed by atoms with Gasteiger partial charge in [-0.1, -0.05) is 25.5 Å². The van der Waals surface area contributed by atoms with E-state index < -0.39 is 123 Å². The maximum Gasteiger partial charge on any atom is 0.312 e. The molecule has 3 saturated carbocycles. The first-order valence-electron chi connectivity index (χ1n) is 20.5. The van der Waals surface area contributed by atoms with Gasteiger partial charge in [0.25, 0.3) is 0 Å². The molecule has 10 N–H and O–H groups in total. The molecule has 57 heavy (non-hydrogen) atoms. The summed E-state index contributed by atoms with van der Waals surface area (Å²) in [4.78, 5) is 12.7. The van der Waals surface area contributed by atoms with Gasteiger partial charge >= 0.3 is 5.97 Å². The number of rotatable bonds is 8. The molecule has 0 radical (unpaired) electrons. The molecule has 24 atom stereocenters. The van der Waals surface area contributed by atoms with Crippen molar-refractivity contribution in [1.82, 2.24) is 0 Å². The van der Waals surface area contributed by atoms with E-state index in [1.54, 1.807) is 0 Å². The molecule has 18 heteroatoms. The second kappa shape index (κ2) is 15.8. The number of aliphatic hydroxyl groups is 10. The zero-order valence-corrected chi connectivity index (χ0v) is 32.4. The van der Waals surface area contributed by atoms with Crippen molar-refractivity contribution in [2.75, 3.05) is 19.8 Å². The molecule has 0 aromatic heterocycles. The predicted molar refractivity (Wildman–Crippen MR) is 189 cm³/mol. The minimum absolute atomic E-state index is 0.0455. The van der Waals surface area contributed by atoms with Crippen LogP contribution in [-0.4, -0.2) is 181 Å². The SMILES string of the molecule is C[C@@H]1O[C@@H](O[C@H]2[C@H](O[C@@H]3C[C@H](O)CC4=CC[C@H]5[C@@H]6C[C@@H]7OC(=O)[C@@H](CO)[C@@H]7[C@@]6(C)CC[C@@H]5[C@]43C)O[C@H](CO)[C@@H](O)[C@@H]2O[C@@H]2OC[C@@H](O)[C@H](O)[C@H]2O)[C@H](O)[C@H](O)[C@H]1O. The first-order chi connectivity index (χ1) is 27.0. The van der Waals surface area contributed by atoms with Crippen LogP contribution in [-0.2, 0) is 38.0 Å². The molecule has 8 aliphatic rings. The Morgan fingerprint density at radius 3 is 2.23 bits per heavy atom. The quantitative estimate of drug-likeness (QED) is 0.0874. The Morgan fingerprint density at radius 1 is 0.789 bits per heavy atom. The molecule has 0 amide bonds. The molecule has 0 aromatic carbocycles. The summed E-state index contributed by atoms with van der Waals surface area (Å²) in [6, 6.07) is 0. The molecule has 18 nitrogen and oxygen atoms in total. The van der Waals surface area contributed by atoms with Gasteiger partial charge in [0.15, 0.2) is 18.9 Å². The lowest BCUT2D eigenvalue weighted by atomic mass is 9.46. The van der Waals surface area contributed by atoms with E-state index in [1.165, 1.54) is 6.92 Å². The molecule has 0 aromatic rings. The van der Waals surface area contributed by atoms with Gasteiger partial charge in [0.05, 0.1) is 44.1 Å². The Morgan fingerprint density at radius 2 is 1.51 bits per heavy atom. The van der Waals surface area contributed by atoms with Crippen molar-refractivity contribution in [3.05, 3.63) is 11.6 Å². The van der Waals surface area contributed by atoms with Gasteiger partial charge in [0.1, 0.15) is 67.1 Å². The molecule has 8 rings (SSSR count). The van der Waals surface area contributed by atoms with Crippen molar-refractivity contribution < 1.29 is 89.0 Å². The largest absolute Gasteiger partial charge is 0.462 e. The topological polar surface area (TPSA) is 284 Å².